The van der Waals surface area contributed by atoms with Gasteiger partial charge in [-0.2, -0.15) is 5.26 Å². The number of carbonyl (C=O) groups excluding carboxylic acids is 2. The molecular weight excluding hydrogens is 602 g/mol. The molecule has 3 aromatic heterocycles. The van der Waals surface area contributed by atoms with Crippen molar-refractivity contribution in [2.75, 3.05) is 16.0 Å². The number of carbonyl (C=O) groups is 2. The van der Waals surface area contributed by atoms with E-state index in [0.29, 0.717) is 50.9 Å². The number of pyridine rings is 1. The molecule has 0 fully saturated rings. The fourth-order valence-electron chi connectivity index (χ4n) is 4.73. The van der Waals surface area contributed by atoms with Crippen LogP contribution in [0.25, 0.3) is 0 Å². The Labute approximate surface area is 241 Å². The Hall–Kier alpha value is -3.47. The summed E-state index contributed by atoms with van der Waals surface area (Å²) >= 11 is 5.77. The number of thioether (sulfide) groups is 1. The van der Waals surface area contributed by atoms with Gasteiger partial charge in [-0.15, -0.1) is 10.2 Å². The number of halogens is 1. The van der Waals surface area contributed by atoms with Crippen LogP contribution in [0.2, 0.25) is 0 Å². The lowest BCUT2D eigenvalue weighted by molar-refractivity contribution is -0.118. The minimum atomic E-state index is -0.684. The molecule has 0 radical (unpaired) electrons. The largest absolute Gasteiger partial charge is 0.465 e. The summed E-state index contributed by atoms with van der Waals surface area (Å²) in [6, 6.07) is 9.29. The van der Waals surface area contributed by atoms with Crippen LogP contribution in [0.1, 0.15) is 44.1 Å². The van der Waals surface area contributed by atoms with E-state index in [-0.39, 0.29) is 34.3 Å². The van der Waals surface area contributed by atoms with E-state index in [1.54, 1.807) is 29.3 Å². The summed E-state index contributed by atoms with van der Waals surface area (Å²) in [5.74, 6) is 0.943. The summed E-state index contributed by atoms with van der Waals surface area (Å²) in [6.45, 7) is 5.87. The molecule has 3 N–H and O–H groups in total. The van der Waals surface area contributed by atoms with Crippen molar-refractivity contribution in [1.29, 1.82) is 5.26 Å². The van der Waals surface area contributed by atoms with Crippen LogP contribution in [0.15, 0.2) is 66.4 Å². The number of amides is 1. The van der Waals surface area contributed by atoms with Gasteiger partial charge in [-0.3, -0.25) is 14.5 Å². The molecule has 1 aliphatic carbocycles. The molecule has 0 saturated heterocycles. The number of hydrogen-bond acceptors (Lipinski definition) is 11. The summed E-state index contributed by atoms with van der Waals surface area (Å²) in [5, 5.41) is 21.9. The lowest BCUT2D eigenvalue weighted by atomic mass is 9.69. The fraction of sp³-hybridized carbons (Fsp3) is 0.308. The van der Waals surface area contributed by atoms with E-state index in [2.05, 4.69) is 42.5 Å². The number of ketones is 1. The molecule has 1 aliphatic heterocycles. The van der Waals surface area contributed by atoms with Crippen LogP contribution >= 0.6 is 39.0 Å². The van der Waals surface area contributed by atoms with Crippen molar-refractivity contribution in [3.05, 3.63) is 69.1 Å². The maximum atomic E-state index is 13.5. The number of allylic oxidation sites excluding steroid dienone is 3. The number of rotatable bonds is 6. The van der Waals surface area contributed by atoms with Crippen molar-refractivity contribution in [1.82, 2.24) is 15.2 Å². The molecule has 39 heavy (non-hydrogen) atoms. The molecule has 0 saturated carbocycles. The third kappa shape index (κ3) is 5.50. The molecule has 0 bridgehead atoms. The molecule has 5 rings (SSSR count). The molecule has 200 valence electrons. The second kappa shape index (κ2) is 10.6. The van der Waals surface area contributed by atoms with Gasteiger partial charge in [0.05, 0.1) is 23.3 Å². The maximum absolute atomic E-state index is 13.5. The van der Waals surface area contributed by atoms with Gasteiger partial charge in [0.1, 0.15) is 23.2 Å². The smallest absolute Gasteiger partial charge is 0.235 e. The zero-order valence-electron chi connectivity index (χ0n) is 21.3. The molecule has 3 aromatic rings. The third-order valence-corrected chi connectivity index (χ3v) is 8.85. The number of furan rings is 1. The number of nitrogens with zero attached hydrogens (tertiary/aromatic N) is 5. The fourth-order valence-corrected chi connectivity index (χ4v) is 6.64. The molecule has 10 nitrogen and oxygen atoms in total. The van der Waals surface area contributed by atoms with E-state index in [9.17, 15) is 14.9 Å². The lowest BCUT2D eigenvalue weighted by Crippen LogP contribution is -2.42. The Bertz CT molecular complexity index is 1570. The first-order chi connectivity index (χ1) is 18.6. The van der Waals surface area contributed by atoms with Crippen molar-refractivity contribution in [3.63, 3.8) is 0 Å². The van der Waals surface area contributed by atoms with Crippen LogP contribution in [0, 0.1) is 23.7 Å². The van der Waals surface area contributed by atoms with Gasteiger partial charge in [0.25, 0.3) is 0 Å². The van der Waals surface area contributed by atoms with Gasteiger partial charge in [-0.05, 0) is 59.0 Å². The highest BCUT2D eigenvalue weighted by atomic mass is 79.9. The van der Waals surface area contributed by atoms with E-state index >= 15 is 0 Å². The summed E-state index contributed by atoms with van der Waals surface area (Å²) < 4.78 is 7.24. The summed E-state index contributed by atoms with van der Waals surface area (Å²) in [7, 11) is 0. The Kier molecular flexibility index (Phi) is 7.37. The van der Waals surface area contributed by atoms with Gasteiger partial charge in [0, 0.05) is 28.4 Å². The highest BCUT2D eigenvalue weighted by Crippen LogP contribution is 2.50. The summed E-state index contributed by atoms with van der Waals surface area (Å²) in [5.41, 5.74) is 7.72. The first-order valence-electron chi connectivity index (χ1n) is 12.0. The van der Waals surface area contributed by atoms with Gasteiger partial charge in [-0.1, -0.05) is 36.9 Å². The van der Waals surface area contributed by atoms with E-state index in [1.165, 1.54) is 23.1 Å². The highest BCUT2D eigenvalue weighted by molar-refractivity contribution is 9.10. The SMILES string of the molecule is Cc1ccc(C2C(C#N)=C(N)N(c3nnc(SCC(=O)Nc4ccc(Br)cn4)s3)C3=C2C(=O)CC(C)(C)C3)o1. The number of Topliss-reactive ketones (excluding diaryl/α,β-unsaturated/α-hetero) is 1. The van der Waals surface area contributed by atoms with Crippen molar-refractivity contribution in [2.45, 2.75) is 43.9 Å². The van der Waals surface area contributed by atoms with E-state index in [0.717, 1.165) is 4.47 Å². The molecule has 1 amide bonds. The van der Waals surface area contributed by atoms with Gasteiger partial charge < -0.3 is 15.5 Å². The van der Waals surface area contributed by atoms with Gasteiger partial charge >= 0.3 is 0 Å². The zero-order valence-corrected chi connectivity index (χ0v) is 24.5. The topological polar surface area (TPSA) is 151 Å². The van der Waals surface area contributed by atoms with Crippen LogP contribution in [0.3, 0.4) is 0 Å². The third-order valence-electron chi connectivity index (χ3n) is 6.34. The highest BCUT2D eigenvalue weighted by Gasteiger charge is 2.46. The molecule has 1 unspecified atom stereocenters. The molecule has 0 aromatic carbocycles. The zero-order chi connectivity index (χ0) is 27.9. The van der Waals surface area contributed by atoms with E-state index in [1.807, 2.05) is 26.8 Å². The quantitative estimate of drug-likeness (QED) is 0.347. The minimum Gasteiger partial charge on any atom is -0.465 e. The minimum absolute atomic E-state index is 0.0529. The van der Waals surface area contributed by atoms with Crippen molar-refractivity contribution in [2.24, 2.45) is 11.1 Å². The van der Waals surface area contributed by atoms with Crippen LogP contribution in [-0.2, 0) is 9.59 Å². The molecule has 13 heteroatoms. The molecule has 4 heterocycles. The van der Waals surface area contributed by atoms with Crippen LogP contribution < -0.4 is 16.0 Å². The Morgan fingerprint density at radius 3 is 2.79 bits per heavy atom. The number of nitrogens with one attached hydrogen (secondary N) is 1. The van der Waals surface area contributed by atoms with Crippen LogP contribution in [-0.4, -0.2) is 32.6 Å². The second-order valence-corrected chi connectivity index (χ2v) is 13.1. The maximum Gasteiger partial charge on any atom is 0.235 e. The average Bonchev–Trinajstić information content (AvgIpc) is 3.51. The van der Waals surface area contributed by atoms with Crippen LogP contribution in [0.4, 0.5) is 10.9 Å². The number of aryl methyl sites for hydroxylation is 1. The van der Waals surface area contributed by atoms with Crippen molar-refractivity contribution < 1.29 is 14.0 Å². The number of aromatic nitrogens is 3. The number of nitriles is 1. The molecule has 2 aliphatic rings. The van der Waals surface area contributed by atoms with Gasteiger partial charge in [-0.25, -0.2) is 4.98 Å². The Morgan fingerprint density at radius 1 is 1.33 bits per heavy atom. The average molecular weight is 627 g/mol. The molecular formula is C26H24BrN7O3S2. The lowest BCUT2D eigenvalue weighted by Gasteiger charge is -2.42. The Balaban J connectivity index is 1.45. The first-order valence-corrected chi connectivity index (χ1v) is 14.6. The summed E-state index contributed by atoms with van der Waals surface area (Å²) in [6.07, 6.45) is 2.49. The van der Waals surface area contributed by atoms with Crippen LogP contribution in [0.5, 0.6) is 0 Å². The Morgan fingerprint density at radius 2 is 2.13 bits per heavy atom. The number of nitrogens with two attached hydrogens (primary N) is 1. The molecule has 0 spiro atoms. The normalized spacial score (nSPS) is 18.7. The second-order valence-electron chi connectivity index (χ2n) is 9.98. The standard InChI is InChI=1S/C26H24BrN7O3S2/c1-13-4-6-18(37-13)21-15(10-28)23(29)34(16-8-26(2,3)9-17(35)22(16)21)24-32-33-25(39-24)38-12-20(36)31-19-7-5-14(27)11-30-19/h4-7,11,21H,8-9,12,29H2,1-3H3,(H,30,31,36). The summed E-state index contributed by atoms with van der Waals surface area (Å²) in [4.78, 5) is 31.8. The van der Waals surface area contributed by atoms with E-state index in [4.69, 9.17) is 10.2 Å². The van der Waals surface area contributed by atoms with Gasteiger partial charge in [0.2, 0.25) is 11.0 Å². The monoisotopic (exact) mass is 625 g/mol. The molecule has 1 atom stereocenters. The van der Waals surface area contributed by atoms with E-state index < -0.39 is 5.92 Å². The number of anilines is 2. The predicted octanol–water partition coefficient (Wildman–Crippen LogP) is 5.27. The van der Waals surface area contributed by atoms with Crippen molar-refractivity contribution in [3.8, 4) is 6.07 Å². The van der Waals surface area contributed by atoms with Crippen molar-refractivity contribution >= 4 is 61.7 Å². The van der Waals surface area contributed by atoms with Gasteiger partial charge in [0.15, 0.2) is 10.1 Å². The number of hydrogen-bond donors (Lipinski definition) is 2. The predicted molar refractivity (Wildman–Crippen MR) is 152 cm³/mol. The first kappa shape index (κ1) is 27.1.